The van der Waals surface area contributed by atoms with Crippen molar-refractivity contribution >= 4 is 29.1 Å². The van der Waals surface area contributed by atoms with Crippen molar-refractivity contribution in [2.24, 2.45) is 0 Å². The molecule has 8 heteroatoms. The van der Waals surface area contributed by atoms with E-state index in [1.807, 2.05) is 35.1 Å². The van der Waals surface area contributed by atoms with Crippen LogP contribution in [-0.2, 0) is 4.79 Å². The van der Waals surface area contributed by atoms with Gasteiger partial charge in [-0.2, -0.15) is 5.10 Å². The Morgan fingerprint density at radius 3 is 2.58 bits per heavy atom. The molecule has 0 atom stereocenters. The summed E-state index contributed by atoms with van der Waals surface area (Å²) in [5, 5.41) is 8.20. The van der Waals surface area contributed by atoms with Crippen molar-refractivity contribution < 1.29 is 13.9 Å². The first-order chi connectivity index (χ1) is 15.0. The van der Waals surface area contributed by atoms with E-state index in [9.17, 15) is 9.18 Å². The van der Waals surface area contributed by atoms with Crippen LogP contribution in [0.1, 0.15) is 37.2 Å². The first-order valence-electron chi connectivity index (χ1n) is 10.2. The fraction of sp³-hybridized carbons (Fsp3) is 0.304. The molecule has 0 spiro atoms. The van der Waals surface area contributed by atoms with Gasteiger partial charge in [0, 0.05) is 23.3 Å². The Bertz CT molecular complexity index is 1050. The highest BCUT2D eigenvalue weighted by Crippen LogP contribution is 2.33. The monoisotopic (exact) mass is 461 g/mol. The Labute approximate surface area is 190 Å². The molecule has 3 aromatic rings. The predicted octanol–water partition coefficient (Wildman–Crippen LogP) is 5.54. The van der Waals surface area contributed by atoms with Crippen LogP contribution in [0.25, 0.3) is 5.69 Å². The van der Waals surface area contributed by atoms with Crippen LogP contribution in [0, 0.1) is 5.82 Å². The molecule has 4 rings (SSSR count). The molecule has 1 fully saturated rings. The van der Waals surface area contributed by atoms with Crippen molar-refractivity contribution in [2.45, 2.75) is 37.6 Å². The van der Waals surface area contributed by atoms with Crippen LogP contribution in [0.2, 0.25) is 10.0 Å². The third kappa shape index (κ3) is 5.57. The number of nitrogens with one attached hydrogen (secondary N) is 1. The molecular weight excluding hydrogens is 440 g/mol. The molecule has 1 heterocycles. The van der Waals surface area contributed by atoms with E-state index < -0.39 is 5.82 Å². The van der Waals surface area contributed by atoms with Crippen LogP contribution in [0.15, 0.2) is 54.9 Å². The van der Waals surface area contributed by atoms with E-state index >= 15 is 0 Å². The van der Waals surface area contributed by atoms with Gasteiger partial charge in [0.1, 0.15) is 11.6 Å². The summed E-state index contributed by atoms with van der Waals surface area (Å²) in [5.74, 6) is -0.0902. The lowest BCUT2D eigenvalue weighted by atomic mass is 9.83. The van der Waals surface area contributed by atoms with Gasteiger partial charge in [0.2, 0.25) is 0 Å². The third-order valence-electron chi connectivity index (χ3n) is 5.52. The quantitative estimate of drug-likeness (QED) is 0.524. The zero-order valence-corrected chi connectivity index (χ0v) is 18.2. The number of hydrogen-bond donors (Lipinski definition) is 1. The van der Waals surface area contributed by atoms with E-state index in [2.05, 4.69) is 16.6 Å². The second-order valence-corrected chi connectivity index (χ2v) is 8.52. The Morgan fingerprint density at radius 1 is 1.13 bits per heavy atom. The summed E-state index contributed by atoms with van der Waals surface area (Å²) in [6.45, 7) is -0.158. The van der Waals surface area contributed by atoms with Crippen LogP contribution in [-0.4, -0.2) is 28.3 Å². The van der Waals surface area contributed by atoms with Gasteiger partial charge in [0.15, 0.2) is 6.61 Å². The number of benzene rings is 2. The van der Waals surface area contributed by atoms with Gasteiger partial charge in [0.25, 0.3) is 5.91 Å². The molecule has 1 aliphatic carbocycles. The molecule has 2 aromatic carbocycles. The van der Waals surface area contributed by atoms with E-state index in [4.69, 9.17) is 27.9 Å². The number of amides is 1. The number of aromatic nitrogens is 2. The van der Waals surface area contributed by atoms with Gasteiger partial charge in [-0.25, -0.2) is 9.07 Å². The lowest BCUT2D eigenvalue weighted by Gasteiger charge is -2.28. The van der Waals surface area contributed by atoms with E-state index in [1.54, 1.807) is 0 Å². The number of nitrogens with zero attached hydrogens (tertiary/aromatic N) is 2. The highest BCUT2D eigenvalue weighted by molar-refractivity contribution is 6.31. The Morgan fingerprint density at radius 2 is 1.87 bits per heavy atom. The lowest BCUT2D eigenvalue weighted by Crippen LogP contribution is -2.39. The van der Waals surface area contributed by atoms with Crippen molar-refractivity contribution in [3.63, 3.8) is 0 Å². The minimum Gasteiger partial charge on any atom is -0.484 e. The smallest absolute Gasteiger partial charge is 0.258 e. The summed E-state index contributed by atoms with van der Waals surface area (Å²) in [5.41, 5.74) is 2.17. The maximum atomic E-state index is 13.4. The molecule has 5 nitrogen and oxygen atoms in total. The van der Waals surface area contributed by atoms with Crippen LogP contribution >= 0.6 is 23.2 Å². The van der Waals surface area contributed by atoms with E-state index in [0.29, 0.717) is 10.9 Å². The standard InChI is InChI=1S/C23H22Cl2FN3O2/c24-17-3-7-19(8-4-17)29-13-16(12-27-29)15-1-5-18(6-2-15)28-23(30)14-31-20-9-10-21(25)22(26)11-20/h3-4,7-13,15,18H,1-2,5-6,14H2,(H,28,30)/t15-,18-. The molecule has 0 saturated heterocycles. The topological polar surface area (TPSA) is 56.1 Å². The van der Waals surface area contributed by atoms with Crippen LogP contribution in [0.4, 0.5) is 4.39 Å². The maximum Gasteiger partial charge on any atom is 0.258 e. The molecule has 0 aliphatic heterocycles. The number of halogens is 3. The SMILES string of the molecule is O=C(COc1ccc(Cl)c(F)c1)N[C@H]1CC[C@H](c2cnn(-c3ccc(Cl)cc3)c2)CC1. The minimum absolute atomic E-state index is 0.0206. The lowest BCUT2D eigenvalue weighted by molar-refractivity contribution is -0.124. The fourth-order valence-electron chi connectivity index (χ4n) is 3.84. The van der Waals surface area contributed by atoms with Gasteiger partial charge in [-0.15, -0.1) is 0 Å². The summed E-state index contributed by atoms with van der Waals surface area (Å²) in [4.78, 5) is 12.2. The molecule has 1 aromatic heterocycles. The summed E-state index contributed by atoms with van der Waals surface area (Å²) in [7, 11) is 0. The number of carbonyl (C=O) groups excluding carboxylic acids is 1. The van der Waals surface area contributed by atoms with Gasteiger partial charge >= 0.3 is 0 Å². The Balaban J connectivity index is 1.24. The van der Waals surface area contributed by atoms with Gasteiger partial charge in [-0.3, -0.25) is 4.79 Å². The summed E-state index contributed by atoms with van der Waals surface area (Å²) >= 11 is 11.6. The van der Waals surface area contributed by atoms with Crippen LogP contribution < -0.4 is 10.1 Å². The number of rotatable bonds is 6. The van der Waals surface area contributed by atoms with Gasteiger partial charge in [0.05, 0.1) is 16.9 Å². The van der Waals surface area contributed by atoms with Crippen molar-refractivity contribution in [3.05, 3.63) is 76.3 Å². The molecule has 0 unspecified atom stereocenters. The largest absolute Gasteiger partial charge is 0.484 e. The summed E-state index contributed by atoms with van der Waals surface area (Å²) in [6, 6.07) is 11.8. The van der Waals surface area contributed by atoms with E-state index in [1.165, 1.54) is 23.8 Å². The van der Waals surface area contributed by atoms with Crippen LogP contribution in [0.3, 0.4) is 0 Å². The first-order valence-corrected chi connectivity index (χ1v) is 10.9. The number of hydrogen-bond acceptors (Lipinski definition) is 3. The van der Waals surface area contributed by atoms with E-state index in [-0.39, 0.29) is 29.3 Å². The van der Waals surface area contributed by atoms with E-state index in [0.717, 1.165) is 31.4 Å². The molecule has 0 radical (unpaired) electrons. The Hall–Kier alpha value is -2.57. The second-order valence-electron chi connectivity index (χ2n) is 7.68. The second kappa shape index (κ2) is 9.71. The van der Waals surface area contributed by atoms with Gasteiger partial charge in [-0.1, -0.05) is 23.2 Å². The fourth-order valence-corrected chi connectivity index (χ4v) is 4.08. The zero-order valence-electron chi connectivity index (χ0n) is 16.7. The van der Waals surface area contributed by atoms with Gasteiger partial charge < -0.3 is 10.1 Å². The third-order valence-corrected chi connectivity index (χ3v) is 6.08. The molecule has 1 aliphatic rings. The number of ether oxygens (including phenoxy) is 1. The molecule has 162 valence electrons. The molecule has 1 N–H and O–H groups in total. The average Bonchev–Trinajstić information content (AvgIpc) is 3.26. The van der Waals surface area contributed by atoms with Crippen molar-refractivity contribution in [1.82, 2.24) is 15.1 Å². The highest BCUT2D eigenvalue weighted by atomic mass is 35.5. The summed E-state index contributed by atoms with van der Waals surface area (Å²) in [6.07, 6.45) is 7.69. The minimum atomic E-state index is -0.572. The summed E-state index contributed by atoms with van der Waals surface area (Å²) < 4.78 is 20.7. The molecule has 1 amide bonds. The zero-order chi connectivity index (χ0) is 21.8. The predicted molar refractivity (Wildman–Crippen MR) is 119 cm³/mol. The van der Waals surface area contributed by atoms with Crippen molar-refractivity contribution in [1.29, 1.82) is 0 Å². The molecule has 31 heavy (non-hydrogen) atoms. The molecular formula is C23H22Cl2FN3O2. The van der Waals surface area contributed by atoms with Crippen molar-refractivity contribution in [3.8, 4) is 11.4 Å². The molecule has 1 saturated carbocycles. The average molecular weight is 462 g/mol. The first kappa shape index (κ1) is 21.7. The highest BCUT2D eigenvalue weighted by Gasteiger charge is 2.24. The normalized spacial score (nSPS) is 18.5. The molecule has 0 bridgehead atoms. The maximum absolute atomic E-state index is 13.4. The van der Waals surface area contributed by atoms with Crippen LogP contribution in [0.5, 0.6) is 5.75 Å². The Kier molecular flexibility index (Phi) is 6.78. The van der Waals surface area contributed by atoms with Crippen molar-refractivity contribution in [2.75, 3.05) is 6.61 Å². The number of carbonyl (C=O) groups is 1. The van der Waals surface area contributed by atoms with Gasteiger partial charge in [-0.05, 0) is 73.6 Å².